The number of hydrogen-bond donors (Lipinski definition) is 2. The van der Waals surface area contributed by atoms with Gasteiger partial charge in [0, 0.05) is 12.1 Å². The van der Waals surface area contributed by atoms with Gasteiger partial charge in [-0.1, -0.05) is 36.4 Å². The molecule has 0 aliphatic rings. The van der Waals surface area contributed by atoms with E-state index in [0.29, 0.717) is 23.0 Å². The van der Waals surface area contributed by atoms with E-state index in [2.05, 4.69) is 22.8 Å². The normalized spacial score (nSPS) is 9.86. The highest BCUT2D eigenvalue weighted by Crippen LogP contribution is 2.12. The highest BCUT2D eigenvalue weighted by Gasteiger charge is 2.08. The minimum atomic E-state index is -0.254. The SMILES string of the molecule is COc1cccc(C(=O)NC(=S)NCCc2ccccc2)c1. The predicted molar refractivity (Wildman–Crippen MR) is 91.2 cm³/mol. The summed E-state index contributed by atoms with van der Waals surface area (Å²) >= 11 is 5.13. The van der Waals surface area contributed by atoms with Crippen LogP contribution in [-0.4, -0.2) is 24.7 Å². The highest BCUT2D eigenvalue weighted by molar-refractivity contribution is 7.80. The standard InChI is InChI=1S/C17H18N2O2S/c1-21-15-9-5-8-14(12-15)16(20)19-17(22)18-11-10-13-6-3-2-4-7-13/h2-9,12H,10-11H2,1H3,(H2,18,19,20,22). The third kappa shape index (κ3) is 4.86. The van der Waals surface area contributed by atoms with Crippen LogP contribution in [0.2, 0.25) is 0 Å². The van der Waals surface area contributed by atoms with Crippen LogP contribution in [0.4, 0.5) is 0 Å². The number of rotatable bonds is 5. The smallest absolute Gasteiger partial charge is 0.257 e. The maximum Gasteiger partial charge on any atom is 0.257 e. The summed E-state index contributed by atoms with van der Waals surface area (Å²) in [6, 6.07) is 17.0. The van der Waals surface area contributed by atoms with Crippen molar-refractivity contribution in [2.24, 2.45) is 0 Å². The lowest BCUT2D eigenvalue weighted by Gasteiger charge is -2.10. The van der Waals surface area contributed by atoms with Crippen molar-refractivity contribution in [3.8, 4) is 5.75 Å². The fourth-order valence-electron chi connectivity index (χ4n) is 1.95. The van der Waals surface area contributed by atoms with Crippen molar-refractivity contribution in [1.29, 1.82) is 0 Å². The zero-order valence-corrected chi connectivity index (χ0v) is 13.2. The highest BCUT2D eigenvalue weighted by atomic mass is 32.1. The lowest BCUT2D eigenvalue weighted by Crippen LogP contribution is -2.40. The average Bonchev–Trinajstić information content (AvgIpc) is 2.56. The van der Waals surface area contributed by atoms with Crippen LogP contribution in [-0.2, 0) is 6.42 Å². The Hall–Kier alpha value is -2.40. The van der Waals surface area contributed by atoms with Crippen molar-refractivity contribution in [3.05, 3.63) is 65.7 Å². The van der Waals surface area contributed by atoms with Gasteiger partial charge in [0.25, 0.3) is 5.91 Å². The van der Waals surface area contributed by atoms with Gasteiger partial charge in [-0.25, -0.2) is 0 Å². The van der Waals surface area contributed by atoms with E-state index in [-0.39, 0.29) is 5.91 Å². The number of methoxy groups -OCH3 is 1. The minimum Gasteiger partial charge on any atom is -0.497 e. The maximum absolute atomic E-state index is 12.1. The molecule has 0 heterocycles. The van der Waals surface area contributed by atoms with Crippen LogP contribution in [0.3, 0.4) is 0 Å². The molecule has 0 saturated heterocycles. The third-order valence-electron chi connectivity index (χ3n) is 3.10. The number of amides is 1. The minimum absolute atomic E-state index is 0.254. The summed E-state index contributed by atoms with van der Waals surface area (Å²) in [4.78, 5) is 12.1. The van der Waals surface area contributed by atoms with E-state index >= 15 is 0 Å². The van der Waals surface area contributed by atoms with Crippen LogP contribution in [0, 0.1) is 0 Å². The zero-order valence-electron chi connectivity index (χ0n) is 12.3. The average molecular weight is 314 g/mol. The zero-order chi connectivity index (χ0) is 15.8. The van der Waals surface area contributed by atoms with E-state index in [1.807, 2.05) is 18.2 Å². The molecule has 5 heteroatoms. The first-order valence-corrected chi connectivity index (χ1v) is 7.37. The fourth-order valence-corrected chi connectivity index (χ4v) is 2.14. The lowest BCUT2D eigenvalue weighted by atomic mass is 10.1. The summed E-state index contributed by atoms with van der Waals surface area (Å²) in [6.07, 6.45) is 0.843. The topological polar surface area (TPSA) is 50.4 Å². The number of ether oxygens (including phenoxy) is 1. The van der Waals surface area contributed by atoms with Gasteiger partial charge in [-0.15, -0.1) is 0 Å². The molecule has 4 nitrogen and oxygen atoms in total. The summed E-state index contributed by atoms with van der Waals surface area (Å²) in [5.74, 6) is 0.381. The van der Waals surface area contributed by atoms with Gasteiger partial charge in [0.05, 0.1) is 7.11 Å². The summed E-state index contributed by atoms with van der Waals surface area (Å²) < 4.78 is 5.10. The van der Waals surface area contributed by atoms with Crippen molar-refractivity contribution in [2.45, 2.75) is 6.42 Å². The Bertz CT molecular complexity index is 644. The molecule has 114 valence electrons. The molecule has 0 aromatic heterocycles. The van der Waals surface area contributed by atoms with Gasteiger partial charge in [-0.05, 0) is 42.4 Å². The Morgan fingerprint density at radius 2 is 1.91 bits per heavy atom. The van der Waals surface area contributed by atoms with Crippen LogP contribution in [0.1, 0.15) is 15.9 Å². The van der Waals surface area contributed by atoms with E-state index in [4.69, 9.17) is 17.0 Å². The van der Waals surface area contributed by atoms with Crippen molar-refractivity contribution in [2.75, 3.05) is 13.7 Å². The summed E-state index contributed by atoms with van der Waals surface area (Å²) in [7, 11) is 1.56. The van der Waals surface area contributed by atoms with E-state index in [1.54, 1.807) is 31.4 Å². The van der Waals surface area contributed by atoms with Crippen LogP contribution in [0.25, 0.3) is 0 Å². The molecule has 0 aliphatic carbocycles. The van der Waals surface area contributed by atoms with Crippen molar-refractivity contribution in [3.63, 3.8) is 0 Å². The van der Waals surface area contributed by atoms with Crippen molar-refractivity contribution >= 4 is 23.2 Å². The number of nitrogens with one attached hydrogen (secondary N) is 2. The molecule has 22 heavy (non-hydrogen) atoms. The van der Waals surface area contributed by atoms with E-state index < -0.39 is 0 Å². The summed E-state index contributed by atoms with van der Waals surface area (Å²) in [6.45, 7) is 0.668. The van der Waals surface area contributed by atoms with Gasteiger partial charge in [-0.3, -0.25) is 10.1 Å². The number of thiocarbonyl (C=S) groups is 1. The molecule has 2 aromatic rings. The Morgan fingerprint density at radius 1 is 1.14 bits per heavy atom. The molecule has 0 aliphatic heterocycles. The van der Waals surface area contributed by atoms with E-state index in [9.17, 15) is 4.79 Å². The van der Waals surface area contributed by atoms with Crippen LogP contribution < -0.4 is 15.4 Å². The predicted octanol–water partition coefficient (Wildman–Crippen LogP) is 2.54. The van der Waals surface area contributed by atoms with Crippen LogP contribution in [0.5, 0.6) is 5.75 Å². The van der Waals surface area contributed by atoms with Gasteiger partial charge in [-0.2, -0.15) is 0 Å². The van der Waals surface area contributed by atoms with Gasteiger partial charge in [0.1, 0.15) is 5.75 Å². The molecular formula is C17H18N2O2S. The first-order chi connectivity index (χ1) is 10.7. The fraction of sp³-hybridized carbons (Fsp3) is 0.176. The molecule has 0 saturated carbocycles. The van der Waals surface area contributed by atoms with Crippen LogP contribution >= 0.6 is 12.2 Å². The Morgan fingerprint density at radius 3 is 2.64 bits per heavy atom. The second-order valence-electron chi connectivity index (χ2n) is 4.68. The van der Waals surface area contributed by atoms with Gasteiger partial charge in [0.2, 0.25) is 0 Å². The largest absolute Gasteiger partial charge is 0.497 e. The maximum atomic E-state index is 12.1. The number of hydrogen-bond acceptors (Lipinski definition) is 3. The molecule has 1 amide bonds. The molecular weight excluding hydrogens is 296 g/mol. The van der Waals surface area contributed by atoms with E-state index in [0.717, 1.165) is 6.42 Å². The van der Waals surface area contributed by atoms with Crippen molar-refractivity contribution < 1.29 is 9.53 Å². The lowest BCUT2D eigenvalue weighted by molar-refractivity contribution is 0.0976. The number of carbonyl (C=O) groups excluding carboxylic acids is 1. The second-order valence-corrected chi connectivity index (χ2v) is 5.09. The Kier molecular flexibility index (Phi) is 5.91. The second kappa shape index (κ2) is 8.14. The first kappa shape index (κ1) is 16.0. The van der Waals surface area contributed by atoms with Gasteiger partial charge in [0.15, 0.2) is 5.11 Å². The molecule has 0 radical (unpaired) electrons. The molecule has 0 fully saturated rings. The molecule has 0 atom stereocenters. The molecule has 0 unspecified atom stereocenters. The van der Waals surface area contributed by atoms with E-state index in [1.165, 1.54) is 5.56 Å². The first-order valence-electron chi connectivity index (χ1n) is 6.96. The number of carbonyl (C=O) groups is 1. The molecule has 2 rings (SSSR count). The Balaban J connectivity index is 1.80. The monoisotopic (exact) mass is 314 g/mol. The summed E-state index contributed by atoms with van der Waals surface area (Å²) in [5, 5.41) is 6.01. The number of benzene rings is 2. The van der Waals surface area contributed by atoms with Gasteiger partial charge >= 0.3 is 0 Å². The molecule has 0 spiro atoms. The molecule has 2 N–H and O–H groups in total. The van der Waals surface area contributed by atoms with Gasteiger partial charge < -0.3 is 10.1 Å². The molecule has 0 bridgehead atoms. The molecule has 2 aromatic carbocycles. The van der Waals surface area contributed by atoms with Crippen LogP contribution in [0.15, 0.2) is 54.6 Å². The van der Waals surface area contributed by atoms with Crippen molar-refractivity contribution in [1.82, 2.24) is 10.6 Å². The summed E-state index contributed by atoms with van der Waals surface area (Å²) in [5.41, 5.74) is 1.73. The third-order valence-corrected chi connectivity index (χ3v) is 3.35. The Labute approximate surface area is 135 Å². The quantitative estimate of drug-likeness (QED) is 0.833.